The molecule has 0 fully saturated rings. The first kappa shape index (κ1) is 17.5. The van der Waals surface area contributed by atoms with Gasteiger partial charge in [-0.1, -0.05) is 6.07 Å². The second-order valence-electron chi connectivity index (χ2n) is 6.91. The predicted molar refractivity (Wildman–Crippen MR) is 93.2 cm³/mol. The number of fused-ring (bicyclic) bond motifs is 1. The van der Waals surface area contributed by atoms with E-state index in [9.17, 15) is 9.18 Å². The smallest absolute Gasteiger partial charge is 0.225 e. The number of aryl methyl sites for hydroxylation is 1. The fraction of sp³-hybridized carbons (Fsp3) is 0.474. The van der Waals surface area contributed by atoms with Crippen molar-refractivity contribution in [2.24, 2.45) is 0 Å². The Labute approximate surface area is 147 Å². The monoisotopic (exact) mass is 345 g/mol. The van der Waals surface area contributed by atoms with E-state index in [-0.39, 0.29) is 36.3 Å². The second-order valence-corrected chi connectivity index (χ2v) is 6.91. The van der Waals surface area contributed by atoms with Crippen LogP contribution in [0, 0.1) is 19.7 Å². The van der Waals surface area contributed by atoms with Crippen LogP contribution in [-0.4, -0.2) is 21.8 Å². The van der Waals surface area contributed by atoms with Crippen molar-refractivity contribution in [2.45, 2.75) is 59.2 Å². The highest BCUT2D eigenvalue weighted by molar-refractivity contribution is 5.80. The standard InChI is InChI=1S/C19H24FN3O2/c1-10(2)23-12(4)16(11(3)22-23)9-18(24)21-19-13(5)25-17-8-14(20)6-7-15(17)19/h6-8,10,13,19H,9H2,1-5H3,(H,21,24)/t13-,19+/m0/s1. The molecule has 2 atom stereocenters. The summed E-state index contributed by atoms with van der Waals surface area (Å²) in [6.07, 6.45) is 0.0331. The molecule has 2 heterocycles. The van der Waals surface area contributed by atoms with Crippen LogP contribution in [0.15, 0.2) is 18.2 Å². The van der Waals surface area contributed by atoms with Crippen molar-refractivity contribution in [3.63, 3.8) is 0 Å². The highest BCUT2D eigenvalue weighted by atomic mass is 19.1. The summed E-state index contributed by atoms with van der Waals surface area (Å²) in [6, 6.07) is 4.40. The van der Waals surface area contributed by atoms with E-state index in [1.165, 1.54) is 12.1 Å². The van der Waals surface area contributed by atoms with Crippen molar-refractivity contribution in [1.82, 2.24) is 15.1 Å². The van der Waals surface area contributed by atoms with E-state index in [4.69, 9.17) is 4.74 Å². The number of amides is 1. The molecule has 1 amide bonds. The largest absolute Gasteiger partial charge is 0.488 e. The van der Waals surface area contributed by atoms with Crippen LogP contribution in [0.1, 0.15) is 55.4 Å². The molecule has 1 aromatic heterocycles. The quantitative estimate of drug-likeness (QED) is 0.924. The van der Waals surface area contributed by atoms with Crippen LogP contribution in [0.5, 0.6) is 5.75 Å². The number of ether oxygens (including phenoxy) is 1. The maximum Gasteiger partial charge on any atom is 0.225 e. The fourth-order valence-corrected chi connectivity index (χ4v) is 3.42. The number of carbonyl (C=O) groups excluding carboxylic acids is 1. The fourth-order valence-electron chi connectivity index (χ4n) is 3.42. The topological polar surface area (TPSA) is 56.2 Å². The SMILES string of the molecule is Cc1nn(C(C)C)c(C)c1CC(=O)N[C@H]1c2ccc(F)cc2O[C@H]1C. The van der Waals surface area contributed by atoms with Gasteiger partial charge in [-0.3, -0.25) is 9.48 Å². The zero-order valence-corrected chi connectivity index (χ0v) is 15.3. The van der Waals surface area contributed by atoms with Gasteiger partial charge in [0, 0.05) is 28.9 Å². The zero-order valence-electron chi connectivity index (χ0n) is 15.3. The van der Waals surface area contributed by atoms with E-state index >= 15 is 0 Å². The molecule has 5 nitrogen and oxygen atoms in total. The minimum atomic E-state index is -0.342. The first-order valence-electron chi connectivity index (χ1n) is 8.58. The number of carbonyl (C=O) groups is 1. The molecule has 0 aliphatic carbocycles. The molecular weight excluding hydrogens is 321 g/mol. The Morgan fingerprint density at radius 1 is 1.40 bits per heavy atom. The maximum atomic E-state index is 13.3. The van der Waals surface area contributed by atoms with E-state index in [2.05, 4.69) is 24.3 Å². The number of nitrogens with zero attached hydrogens (tertiary/aromatic N) is 2. The molecule has 0 unspecified atom stereocenters. The van der Waals surface area contributed by atoms with Crippen molar-refractivity contribution in [3.8, 4) is 5.75 Å². The number of nitrogens with one attached hydrogen (secondary N) is 1. The molecule has 6 heteroatoms. The van der Waals surface area contributed by atoms with Crippen molar-refractivity contribution < 1.29 is 13.9 Å². The summed E-state index contributed by atoms with van der Waals surface area (Å²) in [5.41, 5.74) is 3.66. The maximum absolute atomic E-state index is 13.3. The lowest BCUT2D eigenvalue weighted by molar-refractivity contribution is -0.121. The van der Waals surface area contributed by atoms with Gasteiger partial charge in [0.1, 0.15) is 17.7 Å². The van der Waals surface area contributed by atoms with Crippen LogP contribution < -0.4 is 10.1 Å². The minimum Gasteiger partial charge on any atom is -0.488 e. The van der Waals surface area contributed by atoms with E-state index in [1.807, 2.05) is 25.5 Å². The molecular formula is C19H24FN3O2. The van der Waals surface area contributed by atoms with Crippen LogP contribution in [0.2, 0.25) is 0 Å². The molecule has 25 heavy (non-hydrogen) atoms. The molecule has 1 aliphatic rings. The van der Waals surface area contributed by atoms with Crippen molar-refractivity contribution >= 4 is 5.91 Å². The van der Waals surface area contributed by atoms with Crippen LogP contribution in [0.3, 0.4) is 0 Å². The first-order valence-corrected chi connectivity index (χ1v) is 8.58. The lowest BCUT2D eigenvalue weighted by Gasteiger charge is -2.17. The van der Waals surface area contributed by atoms with Crippen LogP contribution in [0.25, 0.3) is 0 Å². The second kappa shape index (κ2) is 6.50. The number of aromatic nitrogens is 2. The van der Waals surface area contributed by atoms with E-state index < -0.39 is 0 Å². The molecule has 1 N–H and O–H groups in total. The third-order valence-corrected chi connectivity index (χ3v) is 4.71. The molecule has 1 aliphatic heterocycles. The number of hydrogen-bond acceptors (Lipinski definition) is 3. The molecule has 0 radical (unpaired) electrons. The summed E-state index contributed by atoms with van der Waals surface area (Å²) in [5.74, 6) is 0.0650. The third-order valence-electron chi connectivity index (χ3n) is 4.71. The summed E-state index contributed by atoms with van der Waals surface area (Å²) < 4.78 is 21.0. The Hall–Kier alpha value is -2.37. The highest BCUT2D eigenvalue weighted by Crippen LogP contribution is 2.37. The van der Waals surface area contributed by atoms with Gasteiger partial charge in [-0.2, -0.15) is 5.10 Å². The molecule has 1 aromatic carbocycles. The molecule has 0 saturated carbocycles. The lowest BCUT2D eigenvalue weighted by atomic mass is 10.0. The number of benzene rings is 1. The van der Waals surface area contributed by atoms with Gasteiger partial charge in [0.15, 0.2) is 0 Å². The number of rotatable bonds is 4. The predicted octanol–water partition coefficient (Wildman–Crippen LogP) is 3.40. The van der Waals surface area contributed by atoms with Gasteiger partial charge in [-0.25, -0.2) is 4.39 Å². The minimum absolute atomic E-state index is 0.0906. The Bertz CT molecular complexity index is 813. The molecule has 134 valence electrons. The first-order chi connectivity index (χ1) is 11.8. The van der Waals surface area contributed by atoms with Gasteiger partial charge in [-0.15, -0.1) is 0 Å². The van der Waals surface area contributed by atoms with Crippen molar-refractivity contribution in [3.05, 3.63) is 46.5 Å². The Kier molecular flexibility index (Phi) is 4.54. The van der Waals surface area contributed by atoms with Gasteiger partial charge in [0.2, 0.25) is 5.91 Å². The van der Waals surface area contributed by atoms with Gasteiger partial charge in [0.05, 0.1) is 18.2 Å². The van der Waals surface area contributed by atoms with Crippen molar-refractivity contribution in [1.29, 1.82) is 0 Å². The van der Waals surface area contributed by atoms with E-state index in [1.54, 1.807) is 6.07 Å². The zero-order chi connectivity index (χ0) is 18.3. The summed E-state index contributed by atoms with van der Waals surface area (Å²) >= 11 is 0. The van der Waals surface area contributed by atoms with Gasteiger partial charge in [-0.05, 0) is 40.7 Å². The van der Waals surface area contributed by atoms with E-state index in [0.29, 0.717) is 5.75 Å². The Morgan fingerprint density at radius 3 is 2.76 bits per heavy atom. The third kappa shape index (κ3) is 3.25. The Balaban J connectivity index is 1.76. The van der Waals surface area contributed by atoms with Gasteiger partial charge < -0.3 is 10.1 Å². The Morgan fingerprint density at radius 2 is 2.12 bits per heavy atom. The van der Waals surface area contributed by atoms with Crippen LogP contribution in [0.4, 0.5) is 4.39 Å². The molecule has 0 saturated heterocycles. The highest BCUT2D eigenvalue weighted by Gasteiger charge is 2.33. The van der Waals surface area contributed by atoms with Gasteiger partial charge >= 0.3 is 0 Å². The average molecular weight is 345 g/mol. The molecule has 0 bridgehead atoms. The van der Waals surface area contributed by atoms with Crippen LogP contribution >= 0.6 is 0 Å². The van der Waals surface area contributed by atoms with Crippen LogP contribution in [-0.2, 0) is 11.2 Å². The lowest BCUT2D eigenvalue weighted by Crippen LogP contribution is -2.35. The summed E-state index contributed by atoms with van der Waals surface area (Å²) in [5, 5.41) is 7.55. The molecule has 2 aromatic rings. The number of halogens is 1. The van der Waals surface area contributed by atoms with Crippen molar-refractivity contribution in [2.75, 3.05) is 0 Å². The summed E-state index contributed by atoms with van der Waals surface area (Å²) in [7, 11) is 0. The van der Waals surface area contributed by atoms with E-state index in [0.717, 1.165) is 22.5 Å². The number of hydrogen-bond donors (Lipinski definition) is 1. The average Bonchev–Trinajstić information content (AvgIpc) is 2.98. The normalized spacial score (nSPS) is 19.0. The summed E-state index contributed by atoms with van der Waals surface area (Å²) in [6.45, 7) is 9.92. The van der Waals surface area contributed by atoms with Gasteiger partial charge in [0.25, 0.3) is 0 Å². The molecule has 0 spiro atoms. The summed E-state index contributed by atoms with van der Waals surface area (Å²) in [4.78, 5) is 12.6. The molecule has 3 rings (SSSR count).